The van der Waals surface area contributed by atoms with Crippen LogP contribution in [0.15, 0.2) is 24.7 Å². The summed E-state index contributed by atoms with van der Waals surface area (Å²) in [6.45, 7) is -2.28. The van der Waals surface area contributed by atoms with Crippen LogP contribution in [-0.4, -0.2) is 36.9 Å². The second kappa shape index (κ2) is 5.86. The smallest absolute Gasteiger partial charge is 0.330 e. The molecule has 3 heterocycles. The summed E-state index contributed by atoms with van der Waals surface area (Å²) in [5, 5.41) is 7.67. The number of carbonyl (C=O) groups excluding carboxylic acids is 1. The first-order valence-electron chi connectivity index (χ1n) is 7.19. The zero-order chi connectivity index (χ0) is 15.7. The van der Waals surface area contributed by atoms with Gasteiger partial charge in [0.25, 0.3) is 5.91 Å². The fraction of sp³-hybridized carbons (Fsp3) is 0.500. The van der Waals surface area contributed by atoms with E-state index in [0.29, 0.717) is 11.2 Å². The van der Waals surface area contributed by atoms with Gasteiger partial charge in [0, 0.05) is 31.5 Å². The van der Waals surface area contributed by atoms with E-state index < -0.39 is 12.5 Å². The molecular weight excluding hydrogens is 292 g/mol. The molecule has 1 fully saturated rings. The third-order valence-corrected chi connectivity index (χ3v) is 3.95. The van der Waals surface area contributed by atoms with Gasteiger partial charge in [0.2, 0.25) is 0 Å². The second-order valence-corrected chi connectivity index (χ2v) is 5.40. The summed E-state index contributed by atoms with van der Waals surface area (Å²) in [7, 11) is 1.81. The molecule has 1 aliphatic rings. The summed E-state index contributed by atoms with van der Waals surface area (Å²) >= 11 is 0. The Bertz CT molecular complexity index is 666. The molecule has 2 aromatic heterocycles. The number of likely N-dealkylation sites (tertiary alicyclic amines) is 1. The standard InChI is InChI=1S/C14H17F2N5O/c1-19-9-10(8-18-19)11-4-2-3-7-20(11)13(22)12-5-6-17-21(12)14(15)16/h5-6,8-9,11,14H,2-4,7H2,1H3. The van der Waals surface area contributed by atoms with Crippen LogP contribution in [0.25, 0.3) is 0 Å². The van der Waals surface area contributed by atoms with Gasteiger partial charge in [-0.2, -0.15) is 23.7 Å². The topological polar surface area (TPSA) is 56.0 Å². The molecule has 0 aliphatic carbocycles. The molecule has 1 unspecified atom stereocenters. The molecule has 2 aromatic rings. The van der Waals surface area contributed by atoms with Gasteiger partial charge in [-0.3, -0.25) is 9.48 Å². The summed E-state index contributed by atoms with van der Waals surface area (Å²) in [4.78, 5) is 14.3. The Morgan fingerprint density at radius 2 is 2.18 bits per heavy atom. The minimum Gasteiger partial charge on any atom is -0.330 e. The van der Waals surface area contributed by atoms with Crippen LogP contribution in [0.2, 0.25) is 0 Å². The van der Waals surface area contributed by atoms with Gasteiger partial charge in [0.1, 0.15) is 5.69 Å². The summed E-state index contributed by atoms with van der Waals surface area (Å²) in [5.41, 5.74) is 0.851. The fourth-order valence-electron chi connectivity index (χ4n) is 2.92. The molecule has 1 saturated heterocycles. The highest BCUT2D eigenvalue weighted by Crippen LogP contribution is 2.32. The van der Waals surface area contributed by atoms with E-state index in [4.69, 9.17) is 0 Å². The van der Waals surface area contributed by atoms with Crippen molar-refractivity contribution in [2.75, 3.05) is 6.54 Å². The summed E-state index contributed by atoms with van der Waals surface area (Å²) in [6, 6.07) is 1.21. The number of alkyl halides is 2. The number of aryl methyl sites for hydroxylation is 1. The molecule has 6 nitrogen and oxygen atoms in total. The number of piperidine rings is 1. The third-order valence-electron chi connectivity index (χ3n) is 3.95. The molecule has 0 saturated carbocycles. The molecular formula is C14H17F2N5O. The van der Waals surface area contributed by atoms with Crippen molar-refractivity contribution >= 4 is 5.91 Å². The maximum atomic E-state index is 12.9. The third kappa shape index (κ3) is 2.60. The van der Waals surface area contributed by atoms with Crippen molar-refractivity contribution in [1.82, 2.24) is 24.5 Å². The lowest BCUT2D eigenvalue weighted by Gasteiger charge is -2.35. The summed E-state index contributed by atoms with van der Waals surface area (Å²) in [6.07, 6.45) is 7.48. The summed E-state index contributed by atoms with van der Waals surface area (Å²) < 4.78 is 28.0. The molecule has 1 aliphatic heterocycles. The molecule has 0 N–H and O–H groups in total. The van der Waals surface area contributed by atoms with Crippen LogP contribution in [0.1, 0.15) is 47.9 Å². The van der Waals surface area contributed by atoms with Crippen LogP contribution >= 0.6 is 0 Å². The molecule has 0 spiro atoms. The largest absolute Gasteiger partial charge is 0.333 e. The van der Waals surface area contributed by atoms with Crippen molar-refractivity contribution in [3.63, 3.8) is 0 Å². The van der Waals surface area contributed by atoms with E-state index in [9.17, 15) is 13.6 Å². The normalized spacial score (nSPS) is 18.9. The molecule has 118 valence electrons. The van der Waals surface area contributed by atoms with Gasteiger partial charge in [0.15, 0.2) is 0 Å². The number of halogens is 2. The molecule has 0 radical (unpaired) electrons. The predicted molar refractivity (Wildman–Crippen MR) is 74.3 cm³/mol. The quantitative estimate of drug-likeness (QED) is 0.874. The lowest BCUT2D eigenvalue weighted by Crippen LogP contribution is -2.39. The van der Waals surface area contributed by atoms with E-state index in [1.54, 1.807) is 15.8 Å². The van der Waals surface area contributed by atoms with Crippen LogP contribution in [0.5, 0.6) is 0 Å². The number of aromatic nitrogens is 4. The van der Waals surface area contributed by atoms with Crippen molar-refractivity contribution in [2.45, 2.75) is 31.9 Å². The number of rotatable bonds is 3. The van der Waals surface area contributed by atoms with Crippen molar-refractivity contribution in [2.24, 2.45) is 7.05 Å². The van der Waals surface area contributed by atoms with E-state index in [-0.39, 0.29) is 11.7 Å². The van der Waals surface area contributed by atoms with Gasteiger partial charge in [0.05, 0.1) is 12.2 Å². The highest BCUT2D eigenvalue weighted by molar-refractivity contribution is 5.93. The van der Waals surface area contributed by atoms with Gasteiger partial charge < -0.3 is 4.90 Å². The Morgan fingerprint density at radius 3 is 2.86 bits per heavy atom. The van der Waals surface area contributed by atoms with Crippen LogP contribution in [-0.2, 0) is 7.05 Å². The van der Waals surface area contributed by atoms with Crippen LogP contribution in [0, 0.1) is 0 Å². The van der Waals surface area contributed by atoms with E-state index in [2.05, 4.69) is 10.2 Å². The van der Waals surface area contributed by atoms with Crippen molar-refractivity contribution in [1.29, 1.82) is 0 Å². The summed E-state index contributed by atoms with van der Waals surface area (Å²) in [5.74, 6) is -0.411. The first kappa shape index (κ1) is 14.7. The lowest BCUT2D eigenvalue weighted by molar-refractivity contribution is 0.0411. The maximum absolute atomic E-state index is 12.9. The highest BCUT2D eigenvalue weighted by atomic mass is 19.3. The average Bonchev–Trinajstić information content (AvgIpc) is 3.15. The van der Waals surface area contributed by atoms with Crippen LogP contribution < -0.4 is 0 Å². The monoisotopic (exact) mass is 309 g/mol. The Hall–Kier alpha value is -2.25. The van der Waals surface area contributed by atoms with Gasteiger partial charge >= 0.3 is 6.55 Å². The molecule has 1 atom stereocenters. The molecule has 8 heteroatoms. The van der Waals surface area contributed by atoms with Gasteiger partial charge in [-0.25, -0.2) is 0 Å². The zero-order valence-electron chi connectivity index (χ0n) is 12.2. The van der Waals surface area contributed by atoms with Gasteiger partial charge in [-0.05, 0) is 25.3 Å². The predicted octanol–water partition coefficient (Wildman–Crippen LogP) is 2.38. The number of carbonyl (C=O) groups is 1. The maximum Gasteiger partial charge on any atom is 0.333 e. The highest BCUT2D eigenvalue weighted by Gasteiger charge is 2.32. The van der Waals surface area contributed by atoms with Crippen molar-refractivity contribution in [3.8, 4) is 0 Å². The number of hydrogen-bond donors (Lipinski definition) is 0. The average molecular weight is 309 g/mol. The number of hydrogen-bond acceptors (Lipinski definition) is 3. The van der Waals surface area contributed by atoms with E-state index in [1.807, 2.05) is 13.2 Å². The first-order chi connectivity index (χ1) is 10.6. The van der Waals surface area contributed by atoms with Crippen molar-refractivity contribution in [3.05, 3.63) is 35.9 Å². The Kier molecular flexibility index (Phi) is 3.91. The van der Waals surface area contributed by atoms with Crippen molar-refractivity contribution < 1.29 is 13.6 Å². The minimum absolute atomic E-state index is 0.0780. The second-order valence-electron chi connectivity index (χ2n) is 5.40. The molecule has 0 bridgehead atoms. The minimum atomic E-state index is -2.82. The lowest BCUT2D eigenvalue weighted by atomic mass is 9.97. The number of amides is 1. The van der Waals surface area contributed by atoms with Crippen LogP contribution in [0.4, 0.5) is 8.78 Å². The van der Waals surface area contributed by atoms with Gasteiger partial charge in [-0.15, -0.1) is 0 Å². The molecule has 3 rings (SSSR count). The first-order valence-corrected chi connectivity index (χ1v) is 7.19. The molecule has 1 amide bonds. The Morgan fingerprint density at radius 1 is 1.36 bits per heavy atom. The zero-order valence-corrected chi connectivity index (χ0v) is 12.2. The molecule has 0 aromatic carbocycles. The van der Waals surface area contributed by atoms with Crippen LogP contribution in [0.3, 0.4) is 0 Å². The SMILES string of the molecule is Cn1cc(C2CCCCN2C(=O)c2ccnn2C(F)F)cn1. The Labute approximate surface area is 126 Å². The van der Waals surface area contributed by atoms with E-state index in [1.165, 1.54) is 12.3 Å². The van der Waals surface area contributed by atoms with E-state index >= 15 is 0 Å². The van der Waals surface area contributed by atoms with E-state index in [0.717, 1.165) is 24.8 Å². The number of nitrogens with zero attached hydrogens (tertiary/aromatic N) is 5. The fourth-order valence-corrected chi connectivity index (χ4v) is 2.92. The molecule has 22 heavy (non-hydrogen) atoms. The Balaban J connectivity index is 1.90. The van der Waals surface area contributed by atoms with Gasteiger partial charge in [-0.1, -0.05) is 0 Å².